The summed E-state index contributed by atoms with van der Waals surface area (Å²) in [6.45, 7) is 0.496. The smallest absolute Gasteiger partial charge is 0.0818 e. The van der Waals surface area contributed by atoms with Gasteiger partial charge in [0, 0.05) is 6.54 Å². The first-order valence-corrected chi connectivity index (χ1v) is 3.26. The van der Waals surface area contributed by atoms with Gasteiger partial charge in [-0.3, -0.25) is 5.21 Å². The number of nitrogens with zero attached hydrogens (tertiary/aromatic N) is 1. The van der Waals surface area contributed by atoms with Crippen LogP contribution in [0.1, 0.15) is 5.56 Å². The largest absolute Gasteiger partial charge is 0.326 e. The summed E-state index contributed by atoms with van der Waals surface area (Å²) in [7, 11) is 0. The van der Waals surface area contributed by atoms with E-state index >= 15 is 0 Å². The molecule has 0 spiro atoms. The van der Waals surface area contributed by atoms with Crippen molar-refractivity contribution in [3.63, 3.8) is 0 Å². The monoisotopic (exact) mass is 153 g/mol. The van der Waals surface area contributed by atoms with Gasteiger partial charge in [0.15, 0.2) is 0 Å². The molecule has 0 aliphatic rings. The highest BCUT2D eigenvalue weighted by atomic mass is 16.5. The fraction of sp³-hybridized carbons (Fsp3) is 0.143. The summed E-state index contributed by atoms with van der Waals surface area (Å²) < 4.78 is 0. The normalized spacial score (nSPS) is 9.73. The molecular weight excluding hydrogens is 142 g/mol. The van der Waals surface area contributed by atoms with Crippen LogP contribution in [0.25, 0.3) is 0 Å². The second-order valence-corrected chi connectivity index (χ2v) is 2.22. The van der Waals surface area contributed by atoms with Crippen LogP contribution in [0, 0.1) is 0 Å². The van der Waals surface area contributed by atoms with E-state index in [0.717, 1.165) is 5.56 Å². The highest BCUT2D eigenvalue weighted by Crippen LogP contribution is 2.09. The zero-order valence-corrected chi connectivity index (χ0v) is 6.07. The van der Waals surface area contributed by atoms with E-state index in [-0.39, 0.29) is 0 Å². The van der Waals surface area contributed by atoms with Gasteiger partial charge in [-0.1, -0.05) is 12.1 Å². The SMILES string of the molecule is NCc1ccc(N(N)O)cc1. The molecule has 0 fully saturated rings. The Bertz CT molecular complexity index is 220. The molecule has 4 nitrogen and oxygen atoms in total. The number of anilines is 1. The molecule has 0 aliphatic carbocycles. The summed E-state index contributed by atoms with van der Waals surface area (Å²) >= 11 is 0. The van der Waals surface area contributed by atoms with Crippen molar-refractivity contribution in [2.24, 2.45) is 11.6 Å². The van der Waals surface area contributed by atoms with Gasteiger partial charge in [0.05, 0.1) is 5.69 Å². The Morgan fingerprint density at radius 3 is 2.18 bits per heavy atom. The molecule has 0 atom stereocenters. The van der Waals surface area contributed by atoms with Crippen LogP contribution in [0.15, 0.2) is 24.3 Å². The molecule has 1 aromatic carbocycles. The average molecular weight is 153 g/mol. The predicted molar refractivity (Wildman–Crippen MR) is 42.8 cm³/mol. The Hall–Kier alpha value is -1.10. The molecule has 0 bridgehead atoms. The fourth-order valence-electron chi connectivity index (χ4n) is 0.785. The van der Waals surface area contributed by atoms with Crippen LogP contribution in [-0.4, -0.2) is 5.21 Å². The topological polar surface area (TPSA) is 75.5 Å². The third-order valence-corrected chi connectivity index (χ3v) is 1.44. The highest BCUT2D eigenvalue weighted by Gasteiger charge is 1.95. The van der Waals surface area contributed by atoms with Gasteiger partial charge in [-0.15, -0.1) is 0 Å². The summed E-state index contributed by atoms with van der Waals surface area (Å²) in [6, 6.07) is 7.02. The molecule has 4 heteroatoms. The van der Waals surface area contributed by atoms with Gasteiger partial charge in [-0.05, 0) is 17.7 Å². The minimum absolute atomic E-state index is 0.496. The lowest BCUT2D eigenvalue weighted by atomic mass is 10.2. The molecule has 0 radical (unpaired) electrons. The van der Waals surface area contributed by atoms with E-state index in [1.807, 2.05) is 12.1 Å². The van der Waals surface area contributed by atoms with Crippen molar-refractivity contribution in [2.75, 3.05) is 5.17 Å². The minimum Gasteiger partial charge on any atom is -0.326 e. The van der Waals surface area contributed by atoms with Gasteiger partial charge >= 0.3 is 0 Å². The van der Waals surface area contributed by atoms with Gasteiger partial charge in [-0.2, -0.15) is 5.17 Å². The summed E-state index contributed by atoms with van der Waals surface area (Å²) in [5.74, 6) is 5.06. The van der Waals surface area contributed by atoms with E-state index in [0.29, 0.717) is 17.4 Å². The van der Waals surface area contributed by atoms with E-state index in [1.54, 1.807) is 12.1 Å². The zero-order valence-electron chi connectivity index (χ0n) is 6.07. The molecular formula is C7H11N3O. The summed E-state index contributed by atoms with van der Waals surface area (Å²) in [5.41, 5.74) is 6.92. The minimum atomic E-state index is 0.496. The van der Waals surface area contributed by atoms with Crippen LogP contribution in [0.2, 0.25) is 0 Å². The van der Waals surface area contributed by atoms with E-state index in [9.17, 15) is 0 Å². The summed E-state index contributed by atoms with van der Waals surface area (Å²) in [5, 5.41) is 9.34. The maximum atomic E-state index is 8.77. The Balaban J connectivity index is 2.83. The molecule has 60 valence electrons. The number of hydrogen-bond acceptors (Lipinski definition) is 4. The number of hydrogen-bond donors (Lipinski definition) is 3. The van der Waals surface area contributed by atoms with E-state index < -0.39 is 0 Å². The number of benzene rings is 1. The molecule has 0 aromatic heterocycles. The van der Waals surface area contributed by atoms with Crippen LogP contribution in [0.4, 0.5) is 5.69 Å². The van der Waals surface area contributed by atoms with Gasteiger partial charge < -0.3 is 5.73 Å². The van der Waals surface area contributed by atoms with Crippen LogP contribution in [0.3, 0.4) is 0 Å². The van der Waals surface area contributed by atoms with Crippen molar-refractivity contribution >= 4 is 5.69 Å². The first-order valence-electron chi connectivity index (χ1n) is 3.26. The van der Waals surface area contributed by atoms with Crippen molar-refractivity contribution < 1.29 is 5.21 Å². The lowest BCUT2D eigenvalue weighted by Crippen LogP contribution is -2.25. The molecule has 1 rings (SSSR count). The van der Waals surface area contributed by atoms with Crippen molar-refractivity contribution in [3.05, 3.63) is 29.8 Å². The summed E-state index contributed by atoms with van der Waals surface area (Å²) in [4.78, 5) is 0. The Morgan fingerprint density at radius 1 is 1.27 bits per heavy atom. The van der Waals surface area contributed by atoms with E-state index in [2.05, 4.69) is 0 Å². The molecule has 0 saturated carbocycles. The maximum absolute atomic E-state index is 8.77. The lowest BCUT2D eigenvalue weighted by Gasteiger charge is -2.09. The summed E-state index contributed by atoms with van der Waals surface area (Å²) in [6.07, 6.45) is 0. The van der Waals surface area contributed by atoms with Crippen LogP contribution in [-0.2, 0) is 6.54 Å². The van der Waals surface area contributed by atoms with Crippen molar-refractivity contribution in [2.45, 2.75) is 6.54 Å². The van der Waals surface area contributed by atoms with Gasteiger partial charge in [0.1, 0.15) is 0 Å². The molecule has 11 heavy (non-hydrogen) atoms. The van der Waals surface area contributed by atoms with Crippen LogP contribution in [0.5, 0.6) is 0 Å². The number of nitrogens with two attached hydrogens (primary N) is 2. The van der Waals surface area contributed by atoms with Gasteiger partial charge in [0.2, 0.25) is 0 Å². The third-order valence-electron chi connectivity index (χ3n) is 1.44. The van der Waals surface area contributed by atoms with Crippen molar-refractivity contribution in [3.8, 4) is 0 Å². The number of rotatable bonds is 2. The highest BCUT2D eigenvalue weighted by molar-refractivity contribution is 5.43. The average Bonchev–Trinajstić information content (AvgIpc) is 2.05. The first kappa shape index (κ1) is 8.00. The van der Waals surface area contributed by atoms with E-state index in [4.69, 9.17) is 16.8 Å². The van der Waals surface area contributed by atoms with Crippen LogP contribution >= 0.6 is 0 Å². The predicted octanol–water partition coefficient (Wildman–Crippen LogP) is 0.215. The van der Waals surface area contributed by atoms with E-state index in [1.165, 1.54) is 0 Å². The standard InChI is InChI=1S/C7H11N3O/c8-5-6-1-3-7(4-2-6)10(9)11/h1-4,11H,5,8-9H2. The fourth-order valence-corrected chi connectivity index (χ4v) is 0.785. The molecule has 0 aliphatic heterocycles. The second-order valence-electron chi connectivity index (χ2n) is 2.22. The van der Waals surface area contributed by atoms with Gasteiger partial charge in [0.25, 0.3) is 0 Å². The molecule has 0 unspecified atom stereocenters. The van der Waals surface area contributed by atoms with Crippen molar-refractivity contribution in [1.82, 2.24) is 0 Å². The first-order chi connectivity index (χ1) is 5.24. The quantitative estimate of drug-likeness (QED) is 0.419. The van der Waals surface area contributed by atoms with Gasteiger partial charge in [-0.25, -0.2) is 5.84 Å². The zero-order chi connectivity index (χ0) is 8.27. The molecule has 0 saturated heterocycles. The van der Waals surface area contributed by atoms with Crippen LogP contribution < -0.4 is 16.7 Å². The second kappa shape index (κ2) is 3.34. The van der Waals surface area contributed by atoms with Crippen molar-refractivity contribution in [1.29, 1.82) is 0 Å². The molecule has 0 amide bonds. The number of hydrazine groups is 1. The molecule has 5 N–H and O–H groups in total. The Morgan fingerprint density at radius 2 is 1.82 bits per heavy atom. The Labute approximate surface area is 65.0 Å². The molecule has 1 aromatic rings. The Kier molecular flexibility index (Phi) is 2.43. The third kappa shape index (κ3) is 1.91. The lowest BCUT2D eigenvalue weighted by molar-refractivity contribution is 0.258. The molecule has 0 heterocycles. The maximum Gasteiger partial charge on any atom is 0.0818 e.